The highest BCUT2D eigenvalue weighted by molar-refractivity contribution is 6.32. The van der Waals surface area contributed by atoms with Gasteiger partial charge in [0.05, 0.1) is 17.8 Å². The lowest BCUT2D eigenvalue weighted by atomic mass is 10.2. The van der Waals surface area contributed by atoms with Crippen LogP contribution in [0.5, 0.6) is 5.75 Å². The van der Waals surface area contributed by atoms with Crippen LogP contribution in [-0.2, 0) is 0 Å². The number of piperazine rings is 1. The molecule has 94 valence electrons. The van der Waals surface area contributed by atoms with Crippen LogP contribution >= 0.6 is 11.6 Å². The van der Waals surface area contributed by atoms with Gasteiger partial charge in [0.15, 0.2) is 0 Å². The van der Waals surface area contributed by atoms with Gasteiger partial charge in [-0.3, -0.25) is 0 Å². The normalized spacial score (nSPS) is 20.5. The maximum absolute atomic E-state index is 13.9. The second-order valence-corrected chi connectivity index (χ2v) is 4.65. The predicted molar refractivity (Wildman–Crippen MR) is 67.6 cm³/mol. The predicted octanol–water partition coefficient (Wildman–Crippen LogP) is 2.29. The van der Waals surface area contributed by atoms with Gasteiger partial charge < -0.3 is 15.0 Å². The lowest BCUT2D eigenvalue weighted by molar-refractivity contribution is 0.413. The van der Waals surface area contributed by atoms with Crippen molar-refractivity contribution < 1.29 is 9.13 Å². The lowest BCUT2D eigenvalue weighted by Crippen LogP contribution is -2.49. The molecule has 0 amide bonds. The van der Waals surface area contributed by atoms with Crippen molar-refractivity contribution in [2.75, 3.05) is 31.6 Å². The number of hydrogen-bond acceptors (Lipinski definition) is 3. The zero-order valence-corrected chi connectivity index (χ0v) is 10.7. The van der Waals surface area contributed by atoms with E-state index in [1.807, 2.05) is 4.90 Å². The van der Waals surface area contributed by atoms with Crippen molar-refractivity contribution >= 4 is 17.3 Å². The smallest absolute Gasteiger partial charge is 0.148 e. The van der Waals surface area contributed by atoms with Crippen LogP contribution in [-0.4, -0.2) is 32.8 Å². The number of anilines is 1. The van der Waals surface area contributed by atoms with E-state index in [1.54, 1.807) is 6.07 Å². The van der Waals surface area contributed by atoms with E-state index in [1.165, 1.54) is 13.2 Å². The van der Waals surface area contributed by atoms with Crippen molar-refractivity contribution in [3.05, 3.63) is 23.0 Å². The van der Waals surface area contributed by atoms with Crippen molar-refractivity contribution in [1.82, 2.24) is 5.32 Å². The Balaban J connectivity index is 2.30. The van der Waals surface area contributed by atoms with Gasteiger partial charge in [-0.05, 0) is 13.0 Å². The molecule has 0 saturated carbocycles. The first-order valence-electron chi connectivity index (χ1n) is 5.63. The second-order valence-electron chi connectivity index (χ2n) is 4.24. The molecule has 0 radical (unpaired) electrons. The highest BCUT2D eigenvalue weighted by Gasteiger charge is 2.20. The first-order valence-corrected chi connectivity index (χ1v) is 6.01. The highest BCUT2D eigenvalue weighted by atomic mass is 35.5. The number of rotatable bonds is 2. The van der Waals surface area contributed by atoms with Crippen molar-refractivity contribution in [3.63, 3.8) is 0 Å². The molecule has 1 aliphatic rings. The molecule has 1 aliphatic heterocycles. The summed E-state index contributed by atoms with van der Waals surface area (Å²) in [5.74, 6) is 0.208. The topological polar surface area (TPSA) is 24.5 Å². The largest absolute Gasteiger partial charge is 0.495 e. The van der Waals surface area contributed by atoms with Gasteiger partial charge >= 0.3 is 0 Å². The average molecular weight is 259 g/mol. The van der Waals surface area contributed by atoms with Crippen molar-refractivity contribution in [2.24, 2.45) is 0 Å². The fraction of sp³-hybridized carbons (Fsp3) is 0.500. The third-order valence-corrected chi connectivity index (χ3v) is 3.23. The summed E-state index contributed by atoms with van der Waals surface area (Å²) in [5.41, 5.74) is 0.555. The van der Waals surface area contributed by atoms with Gasteiger partial charge in [0, 0.05) is 31.7 Å². The molecule has 5 heteroatoms. The Hall–Kier alpha value is -1.00. The monoisotopic (exact) mass is 258 g/mol. The summed E-state index contributed by atoms with van der Waals surface area (Å²) < 4.78 is 19.0. The van der Waals surface area contributed by atoms with Gasteiger partial charge in [-0.25, -0.2) is 4.39 Å². The van der Waals surface area contributed by atoms with E-state index in [0.717, 1.165) is 19.6 Å². The summed E-state index contributed by atoms with van der Waals surface area (Å²) in [6.45, 7) is 4.50. The van der Waals surface area contributed by atoms with Crippen molar-refractivity contribution in [3.8, 4) is 5.75 Å². The maximum Gasteiger partial charge on any atom is 0.148 e. The number of halogens is 2. The molecule has 1 saturated heterocycles. The minimum atomic E-state index is -0.301. The minimum absolute atomic E-state index is 0.301. The van der Waals surface area contributed by atoms with Crippen LogP contribution in [0.2, 0.25) is 5.02 Å². The quantitative estimate of drug-likeness (QED) is 0.881. The standard InChI is InChI=1S/C12H16ClFN2O/c1-8-7-16(4-3-15-8)11-6-12(17-2)9(13)5-10(11)14/h5-6,8,15H,3-4,7H2,1-2H3. The van der Waals surface area contributed by atoms with E-state index in [9.17, 15) is 4.39 Å². The molecule has 1 aromatic rings. The molecule has 0 bridgehead atoms. The number of ether oxygens (including phenoxy) is 1. The average Bonchev–Trinajstić information content (AvgIpc) is 2.29. The Morgan fingerprint density at radius 3 is 2.94 bits per heavy atom. The van der Waals surface area contributed by atoms with Gasteiger partial charge in [-0.1, -0.05) is 11.6 Å². The molecule has 0 aromatic heterocycles. The van der Waals surface area contributed by atoms with Crippen LogP contribution in [0.25, 0.3) is 0 Å². The summed E-state index contributed by atoms with van der Waals surface area (Å²) in [7, 11) is 1.53. The van der Waals surface area contributed by atoms with E-state index in [2.05, 4.69) is 12.2 Å². The molecule has 0 aliphatic carbocycles. The Bertz CT molecular complexity index is 414. The Kier molecular flexibility index (Phi) is 3.74. The molecular weight excluding hydrogens is 243 g/mol. The SMILES string of the molecule is COc1cc(N2CCNC(C)C2)c(F)cc1Cl. The van der Waals surface area contributed by atoms with Gasteiger partial charge in [0.2, 0.25) is 0 Å². The van der Waals surface area contributed by atoms with E-state index in [0.29, 0.717) is 22.5 Å². The third-order valence-electron chi connectivity index (χ3n) is 2.93. The van der Waals surface area contributed by atoms with Crippen LogP contribution in [0.4, 0.5) is 10.1 Å². The molecule has 3 nitrogen and oxygen atoms in total. The van der Waals surface area contributed by atoms with Crippen LogP contribution in [0.15, 0.2) is 12.1 Å². The van der Waals surface area contributed by atoms with Crippen LogP contribution < -0.4 is 15.0 Å². The number of benzene rings is 1. The fourth-order valence-corrected chi connectivity index (χ4v) is 2.30. The molecule has 1 heterocycles. The number of nitrogens with zero attached hydrogens (tertiary/aromatic N) is 1. The highest BCUT2D eigenvalue weighted by Crippen LogP contribution is 2.32. The molecule has 17 heavy (non-hydrogen) atoms. The Morgan fingerprint density at radius 1 is 1.53 bits per heavy atom. The van der Waals surface area contributed by atoms with E-state index >= 15 is 0 Å². The fourth-order valence-electron chi connectivity index (χ4n) is 2.07. The second kappa shape index (κ2) is 5.10. The van der Waals surface area contributed by atoms with Gasteiger partial charge in [-0.2, -0.15) is 0 Å². The zero-order valence-electron chi connectivity index (χ0n) is 9.96. The molecule has 1 fully saturated rings. The maximum atomic E-state index is 13.9. The minimum Gasteiger partial charge on any atom is -0.495 e. The molecule has 1 aromatic carbocycles. The zero-order chi connectivity index (χ0) is 12.4. The summed E-state index contributed by atoms with van der Waals surface area (Å²) in [6.07, 6.45) is 0. The third kappa shape index (κ3) is 2.64. The Labute approximate surface area is 106 Å². The molecule has 1 N–H and O–H groups in total. The van der Waals surface area contributed by atoms with Crippen LogP contribution in [0.1, 0.15) is 6.92 Å². The summed E-state index contributed by atoms with van der Waals surface area (Å²) in [6, 6.07) is 3.32. The van der Waals surface area contributed by atoms with Gasteiger partial charge in [0.1, 0.15) is 11.6 Å². The van der Waals surface area contributed by atoms with Gasteiger partial charge in [-0.15, -0.1) is 0 Å². The first kappa shape index (κ1) is 12.5. The number of hydrogen-bond donors (Lipinski definition) is 1. The van der Waals surface area contributed by atoms with E-state index in [-0.39, 0.29) is 5.82 Å². The van der Waals surface area contributed by atoms with Crippen molar-refractivity contribution in [2.45, 2.75) is 13.0 Å². The summed E-state index contributed by atoms with van der Waals surface area (Å²) in [4.78, 5) is 2.01. The van der Waals surface area contributed by atoms with E-state index in [4.69, 9.17) is 16.3 Å². The molecule has 1 unspecified atom stereocenters. The van der Waals surface area contributed by atoms with E-state index < -0.39 is 0 Å². The summed E-state index contributed by atoms with van der Waals surface area (Å²) >= 11 is 5.87. The van der Waals surface area contributed by atoms with Gasteiger partial charge in [0.25, 0.3) is 0 Å². The molecule has 1 atom stereocenters. The summed E-state index contributed by atoms with van der Waals surface area (Å²) in [5, 5.41) is 3.62. The molecular formula is C12H16ClFN2O. The first-order chi connectivity index (χ1) is 8.11. The number of methoxy groups -OCH3 is 1. The number of nitrogens with one attached hydrogen (secondary N) is 1. The van der Waals surface area contributed by atoms with Crippen molar-refractivity contribution in [1.29, 1.82) is 0 Å². The van der Waals surface area contributed by atoms with Crippen LogP contribution in [0, 0.1) is 5.82 Å². The lowest BCUT2D eigenvalue weighted by Gasteiger charge is -2.34. The van der Waals surface area contributed by atoms with Crippen LogP contribution in [0.3, 0.4) is 0 Å². The Morgan fingerprint density at radius 2 is 2.29 bits per heavy atom. The molecule has 2 rings (SSSR count). The molecule has 0 spiro atoms.